The molecule has 0 fully saturated rings. The molecule has 0 aromatic heterocycles. The normalized spacial score (nSPS) is 13.9. The Morgan fingerprint density at radius 1 is 0.636 bits per heavy atom. The summed E-state index contributed by atoms with van der Waals surface area (Å²) < 4.78 is 71.3. The van der Waals surface area contributed by atoms with Crippen LogP contribution in [0.1, 0.15) is 50.2 Å². The maximum Gasteiger partial charge on any atom is 0.313 e. The number of rotatable bonds is 11. The fraction of sp³-hybridized carbons (Fsp3) is 0.308. The SMILES string of the molecule is CCCCCCCc1ccc(-c2ccc(COc3ccccc3S(F)(F)(F)(F)F)cc2)cc1. The van der Waals surface area contributed by atoms with E-state index < -0.39 is 20.9 Å². The Morgan fingerprint density at radius 2 is 1.18 bits per heavy atom. The first-order valence-electron chi connectivity index (χ1n) is 11.1. The van der Waals surface area contributed by atoms with Gasteiger partial charge in [-0.1, -0.05) is 113 Å². The van der Waals surface area contributed by atoms with Crippen LogP contribution in [0.5, 0.6) is 5.75 Å². The molecule has 0 aliphatic rings. The molecular weight excluding hydrogens is 455 g/mol. The van der Waals surface area contributed by atoms with Gasteiger partial charge in [-0.05, 0) is 47.2 Å². The third-order valence-electron chi connectivity index (χ3n) is 5.47. The first-order valence-corrected chi connectivity index (χ1v) is 13.1. The number of hydrogen-bond acceptors (Lipinski definition) is 1. The highest BCUT2D eigenvalue weighted by Crippen LogP contribution is 3.03. The van der Waals surface area contributed by atoms with Crippen LogP contribution in [0.4, 0.5) is 19.4 Å². The van der Waals surface area contributed by atoms with Crippen LogP contribution in [-0.4, -0.2) is 0 Å². The van der Waals surface area contributed by atoms with E-state index in [2.05, 4.69) is 31.2 Å². The van der Waals surface area contributed by atoms with Crippen molar-refractivity contribution in [1.82, 2.24) is 0 Å². The van der Waals surface area contributed by atoms with Crippen molar-refractivity contribution in [3.8, 4) is 16.9 Å². The number of aryl methyl sites for hydroxylation is 1. The molecule has 1 nitrogen and oxygen atoms in total. The molecule has 3 aromatic rings. The zero-order valence-electron chi connectivity index (χ0n) is 18.6. The third kappa shape index (κ3) is 7.49. The molecule has 0 saturated heterocycles. The van der Waals surface area contributed by atoms with Crippen LogP contribution in [0, 0.1) is 0 Å². The Kier molecular flexibility index (Phi) is 7.13. The van der Waals surface area contributed by atoms with Gasteiger partial charge in [-0.3, -0.25) is 0 Å². The van der Waals surface area contributed by atoms with E-state index in [1.807, 2.05) is 12.1 Å². The zero-order chi connectivity index (χ0) is 24.0. The molecule has 0 unspecified atom stereocenters. The molecule has 180 valence electrons. The molecule has 0 aliphatic heterocycles. The fourth-order valence-corrected chi connectivity index (χ4v) is 4.48. The molecule has 33 heavy (non-hydrogen) atoms. The number of para-hydroxylation sites is 1. The lowest BCUT2D eigenvalue weighted by Crippen LogP contribution is -2.09. The van der Waals surface area contributed by atoms with Crippen LogP contribution < -0.4 is 4.74 Å². The van der Waals surface area contributed by atoms with E-state index in [-0.39, 0.29) is 6.61 Å². The van der Waals surface area contributed by atoms with Crippen LogP contribution in [0.3, 0.4) is 0 Å². The zero-order valence-corrected chi connectivity index (χ0v) is 19.4. The fourth-order valence-electron chi connectivity index (χ4n) is 3.64. The Bertz CT molecular complexity index is 1050. The van der Waals surface area contributed by atoms with Crippen LogP contribution in [-0.2, 0) is 13.0 Å². The van der Waals surface area contributed by atoms with Gasteiger partial charge in [0.2, 0.25) is 0 Å². The van der Waals surface area contributed by atoms with Gasteiger partial charge in [0.05, 0.1) is 0 Å². The second kappa shape index (κ2) is 9.37. The lowest BCUT2D eigenvalue weighted by Gasteiger charge is -2.41. The van der Waals surface area contributed by atoms with E-state index in [1.54, 1.807) is 12.1 Å². The van der Waals surface area contributed by atoms with Gasteiger partial charge in [0.25, 0.3) is 0 Å². The Hall–Kier alpha value is -2.54. The van der Waals surface area contributed by atoms with E-state index in [4.69, 9.17) is 4.74 Å². The average molecular weight is 485 g/mol. The summed E-state index contributed by atoms with van der Waals surface area (Å²) in [6.45, 7) is 1.95. The van der Waals surface area contributed by atoms with Gasteiger partial charge in [-0.25, -0.2) is 0 Å². The molecule has 0 heterocycles. The highest BCUT2D eigenvalue weighted by Gasteiger charge is 2.67. The molecule has 0 N–H and O–H groups in total. The summed E-state index contributed by atoms with van der Waals surface area (Å²) in [7, 11) is -9.83. The maximum absolute atomic E-state index is 13.2. The van der Waals surface area contributed by atoms with Crippen molar-refractivity contribution in [1.29, 1.82) is 0 Å². The van der Waals surface area contributed by atoms with Gasteiger partial charge in [0.1, 0.15) is 17.3 Å². The van der Waals surface area contributed by atoms with Crippen molar-refractivity contribution < 1.29 is 24.2 Å². The molecule has 0 saturated carbocycles. The second-order valence-corrected chi connectivity index (χ2v) is 10.6. The topological polar surface area (TPSA) is 9.23 Å². The predicted molar refractivity (Wildman–Crippen MR) is 127 cm³/mol. The summed E-state index contributed by atoms with van der Waals surface area (Å²) in [4.78, 5) is -2.00. The lowest BCUT2D eigenvalue weighted by atomic mass is 10.00. The van der Waals surface area contributed by atoms with Crippen LogP contribution in [0.25, 0.3) is 11.1 Å². The minimum atomic E-state index is -9.83. The summed E-state index contributed by atoms with van der Waals surface area (Å²) in [5.41, 5.74) is 3.87. The smallest absolute Gasteiger partial charge is 0.313 e. The van der Waals surface area contributed by atoms with Gasteiger partial charge in [-0.2, -0.15) is 0 Å². The van der Waals surface area contributed by atoms with Crippen molar-refractivity contribution in [2.75, 3.05) is 0 Å². The van der Waals surface area contributed by atoms with Gasteiger partial charge >= 0.3 is 10.2 Å². The van der Waals surface area contributed by atoms with E-state index >= 15 is 0 Å². The number of benzene rings is 3. The molecule has 0 atom stereocenters. The largest absolute Gasteiger partial charge is 0.487 e. The van der Waals surface area contributed by atoms with Crippen LogP contribution in [0.15, 0.2) is 77.7 Å². The third-order valence-corrected chi connectivity index (χ3v) is 6.64. The first-order chi connectivity index (χ1) is 15.5. The van der Waals surface area contributed by atoms with Gasteiger partial charge < -0.3 is 4.74 Å². The highest BCUT2D eigenvalue weighted by atomic mass is 32.5. The number of hydrogen-bond donors (Lipinski definition) is 0. The quantitative estimate of drug-likeness (QED) is 0.194. The minimum Gasteiger partial charge on any atom is -0.487 e. The van der Waals surface area contributed by atoms with Crippen molar-refractivity contribution in [3.63, 3.8) is 0 Å². The molecule has 0 radical (unpaired) electrons. The Balaban J connectivity index is 1.61. The summed E-state index contributed by atoms with van der Waals surface area (Å²) in [5.74, 6) is -0.869. The molecule has 0 bridgehead atoms. The lowest BCUT2D eigenvalue weighted by molar-refractivity contribution is 0.286. The summed E-state index contributed by atoms with van der Waals surface area (Å²) in [6.07, 6.45) is 7.27. The number of ether oxygens (including phenoxy) is 1. The van der Waals surface area contributed by atoms with Crippen LogP contribution in [0.2, 0.25) is 0 Å². The van der Waals surface area contributed by atoms with Crippen molar-refractivity contribution in [3.05, 3.63) is 83.9 Å². The van der Waals surface area contributed by atoms with Crippen molar-refractivity contribution in [2.45, 2.75) is 57.0 Å². The first kappa shape index (κ1) is 25.1. The van der Waals surface area contributed by atoms with E-state index in [1.165, 1.54) is 43.7 Å². The molecular formula is C26H29F5OS. The van der Waals surface area contributed by atoms with Crippen molar-refractivity contribution >= 4 is 10.2 Å². The molecule has 0 aliphatic carbocycles. The summed E-state index contributed by atoms with van der Waals surface area (Å²) in [5, 5.41) is 0. The monoisotopic (exact) mass is 484 g/mol. The molecule has 0 amide bonds. The summed E-state index contributed by atoms with van der Waals surface area (Å²) >= 11 is 0. The average Bonchev–Trinajstić information content (AvgIpc) is 2.77. The summed E-state index contributed by atoms with van der Waals surface area (Å²) in [6, 6.07) is 18.9. The second-order valence-electron chi connectivity index (χ2n) is 8.26. The number of unbranched alkanes of at least 4 members (excludes halogenated alkanes) is 4. The number of halogens is 5. The molecule has 7 heteroatoms. The van der Waals surface area contributed by atoms with Crippen LogP contribution >= 0.6 is 10.2 Å². The highest BCUT2D eigenvalue weighted by molar-refractivity contribution is 8.45. The van der Waals surface area contributed by atoms with Crippen molar-refractivity contribution in [2.24, 2.45) is 0 Å². The van der Waals surface area contributed by atoms with E-state index in [0.717, 1.165) is 29.7 Å². The van der Waals surface area contributed by atoms with Gasteiger partial charge in [0, 0.05) is 0 Å². The minimum absolute atomic E-state index is 0.248. The van der Waals surface area contributed by atoms with E-state index in [9.17, 15) is 19.4 Å². The standard InChI is InChI=1S/C26H29F5OS/c1-2-3-4-5-6-9-21-12-16-23(17-13-21)24-18-14-22(15-19-24)20-32-25-10-7-8-11-26(25)33(27,28,29,30)31/h7-8,10-19H,2-6,9,20H2,1H3. The molecule has 3 rings (SSSR count). The molecule has 0 spiro atoms. The molecule has 3 aromatic carbocycles. The Labute approximate surface area is 192 Å². The predicted octanol–water partition coefficient (Wildman–Crippen LogP) is 10.1. The van der Waals surface area contributed by atoms with Gasteiger partial charge in [0.15, 0.2) is 0 Å². The van der Waals surface area contributed by atoms with Gasteiger partial charge in [-0.15, -0.1) is 0 Å². The Morgan fingerprint density at radius 3 is 1.76 bits per heavy atom. The maximum atomic E-state index is 13.2. The van der Waals surface area contributed by atoms with E-state index in [0.29, 0.717) is 11.6 Å².